The minimum Gasteiger partial charge on any atom is -0.336 e. The van der Waals surface area contributed by atoms with Gasteiger partial charge in [-0.25, -0.2) is 9.07 Å². The molecule has 0 aliphatic heterocycles. The fourth-order valence-electron chi connectivity index (χ4n) is 2.51. The Bertz CT molecular complexity index is 970. The molecular weight excluding hydrogens is 339 g/mol. The second kappa shape index (κ2) is 7.14. The highest BCUT2D eigenvalue weighted by molar-refractivity contribution is 5.92. The number of hydrogen-bond acceptors (Lipinski definition) is 4. The van der Waals surface area contributed by atoms with E-state index in [1.54, 1.807) is 37.5 Å². The van der Waals surface area contributed by atoms with Crippen LogP contribution >= 0.6 is 0 Å². The van der Waals surface area contributed by atoms with Crippen molar-refractivity contribution in [2.45, 2.75) is 6.54 Å². The highest BCUT2D eigenvalue weighted by Crippen LogP contribution is 2.17. The number of hydrogen-bond donors (Lipinski definition) is 0. The van der Waals surface area contributed by atoms with Gasteiger partial charge in [0.05, 0.1) is 10.6 Å². The number of amides is 1. The van der Waals surface area contributed by atoms with Crippen molar-refractivity contribution in [3.05, 3.63) is 88.0 Å². The van der Waals surface area contributed by atoms with Crippen LogP contribution in [0.3, 0.4) is 0 Å². The first kappa shape index (κ1) is 17.3. The molecule has 0 aliphatic rings. The van der Waals surface area contributed by atoms with Crippen molar-refractivity contribution >= 4 is 11.6 Å². The van der Waals surface area contributed by atoms with Gasteiger partial charge in [-0.3, -0.25) is 14.9 Å². The Hall–Kier alpha value is -3.55. The third kappa shape index (κ3) is 3.75. The van der Waals surface area contributed by atoms with E-state index in [9.17, 15) is 19.3 Å². The summed E-state index contributed by atoms with van der Waals surface area (Å²) in [5.41, 5.74) is 1.27. The third-order valence-electron chi connectivity index (χ3n) is 3.77. The summed E-state index contributed by atoms with van der Waals surface area (Å²) in [6, 6.07) is 13.5. The molecule has 7 nitrogen and oxygen atoms in total. The van der Waals surface area contributed by atoms with Crippen LogP contribution in [0.5, 0.6) is 0 Å². The molecule has 132 valence electrons. The minimum atomic E-state index is -0.494. The topological polar surface area (TPSA) is 81.3 Å². The molecule has 0 radical (unpaired) electrons. The lowest BCUT2D eigenvalue weighted by atomic mass is 10.2. The Balaban J connectivity index is 1.77. The molecule has 1 aromatic heterocycles. The van der Waals surface area contributed by atoms with Crippen molar-refractivity contribution in [2.24, 2.45) is 0 Å². The molecule has 8 heteroatoms. The summed E-state index contributed by atoms with van der Waals surface area (Å²) < 4.78 is 14.7. The van der Waals surface area contributed by atoms with E-state index in [2.05, 4.69) is 5.10 Å². The summed E-state index contributed by atoms with van der Waals surface area (Å²) in [7, 11) is 1.60. The van der Waals surface area contributed by atoms with E-state index in [0.29, 0.717) is 11.3 Å². The van der Waals surface area contributed by atoms with Gasteiger partial charge in [-0.2, -0.15) is 5.10 Å². The van der Waals surface area contributed by atoms with Crippen LogP contribution in [0.1, 0.15) is 16.1 Å². The van der Waals surface area contributed by atoms with Crippen molar-refractivity contribution in [3.63, 3.8) is 0 Å². The van der Waals surface area contributed by atoms with Gasteiger partial charge in [-0.15, -0.1) is 0 Å². The maximum atomic E-state index is 13.3. The summed E-state index contributed by atoms with van der Waals surface area (Å²) in [5, 5.41) is 15.1. The molecule has 1 amide bonds. The first-order valence-electron chi connectivity index (χ1n) is 7.74. The van der Waals surface area contributed by atoms with E-state index >= 15 is 0 Å². The summed E-state index contributed by atoms with van der Waals surface area (Å²) in [6.07, 6.45) is 1.56. The monoisotopic (exact) mass is 354 g/mol. The van der Waals surface area contributed by atoms with Gasteiger partial charge in [0.15, 0.2) is 5.69 Å². The van der Waals surface area contributed by atoms with E-state index in [0.717, 1.165) is 0 Å². The van der Waals surface area contributed by atoms with Crippen LogP contribution in [0.15, 0.2) is 60.8 Å². The number of benzene rings is 2. The van der Waals surface area contributed by atoms with Gasteiger partial charge in [0.25, 0.3) is 11.6 Å². The van der Waals surface area contributed by atoms with Crippen molar-refractivity contribution in [1.29, 1.82) is 0 Å². The molecule has 2 aromatic carbocycles. The molecule has 0 saturated heterocycles. The highest BCUT2D eigenvalue weighted by atomic mass is 19.1. The van der Waals surface area contributed by atoms with E-state index in [1.807, 2.05) is 0 Å². The molecule has 0 bridgehead atoms. The van der Waals surface area contributed by atoms with Gasteiger partial charge in [-0.05, 0) is 29.8 Å². The minimum absolute atomic E-state index is 0.0610. The van der Waals surface area contributed by atoms with E-state index in [4.69, 9.17) is 0 Å². The molecule has 26 heavy (non-hydrogen) atoms. The van der Waals surface area contributed by atoms with Crippen molar-refractivity contribution < 1.29 is 14.1 Å². The zero-order chi connectivity index (χ0) is 18.7. The number of non-ortho nitro benzene ring substituents is 1. The molecule has 0 unspecified atom stereocenters. The van der Waals surface area contributed by atoms with Crippen LogP contribution in [-0.2, 0) is 6.54 Å². The second-order valence-corrected chi connectivity index (χ2v) is 5.71. The van der Waals surface area contributed by atoms with Gasteiger partial charge in [-0.1, -0.05) is 18.2 Å². The van der Waals surface area contributed by atoms with Crippen LogP contribution < -0.4 is 0 Å². The van der Waals surface area contributed by atoms with Crippen LogP contribution in [-0.4, -0.2) is 32.6 Å². The van der Waals surface area contributed by atoms with Crippen LogP contribution in [0, 0.1) is 15.9 Å². The first-order chi connectivity index (χ1) is 12.4. The molecule has 0 saturated carbocycles. The number of aromatic nitrogens is 2. The number of nitrogens with zero attached hydrogens (tertiary/aromatic N) is 4. The number of carbonyl (C=O) groups excluding carboxylic acids is 1. The van der Waals surface area contributed by atoms with Crippen LogP contribution in [0.2, 0.25) is 0 Å². The third-order valence-corrected chi connectivity index (χ3v) is 3.77. The van der Waals surface area contributed by atoms with Gasteiger partial charge < -0.3 is 4.90 Å². The standard InChI is InChI=1S/C18H15FN4O3/c1-21(12-13-4-2-5-14(19)10-13)18(24)17-8-9-22(20-17)15-6-3-7-16(11-15)23(25)26/h2-11H,12H2,1H3. The van der Waals surface area contributed by atoms with Gasteiger partial charge in [0.1, 0.15) is 5.82 Å². The number of nitro groups is 1. The molecule has 0 aliphatic carbocycles. The normalized spacial score (nSPS) is 10.5. The average molecular weight is 354 g/mol. The average Bonchev–Trinajstić information content (AvgIpc) is 3.11. The Kier molecular flexibility index (Phi) is 4.74. The summed E-state index contributed by atoms with van der Waals surface area (Å²) in [4.78, 5) is 24.3. The maximum absolute atomic E-state index is 13.3. The molecule has 3 rings (SSSR count). The molecule has 0 spiro atoms. The van der Waals surface area contributed by atoms with Gasteiger partial charge >= 0.3 is 0 Å². The van der Waals surface area contributed by atoms with Gasteiger partial charge in [0.2, 0.25) is 0 Å². The Morgan fingerprint density at radius 2 is 2.00 bits per heavy atom. The molecule has 3 aromatic rings. The summed E-state index contributed by atoms with van der Waals surface area (Å²) in [5.74, 6) is -0.697. The Labute approximate surface area is 148 Å². The predicted molar refractivity (Wildman–Crippen MR) is 92.4 cm³/mol. The lowest BCUT2D eigenvalue weighted by molar-refractivity contribution is -0.384. The van der Waals surface area contributed by atoms with E-state index < -0.39 is 4.92 Å². The summed E-state index contributed by atoms with van der Waals surface area (Å²) >= 11 is 0. The quantitative estimate of drug-likeness (QED) is 0.520. The highest BCUT2D eigenvalue weighted by Gasteiger charge is 2.16. The maximum Gasteiger partial charge on any atom is 0.274 e. The molecule has 0 atom stereocenters. The Morgan fingerprint density at radius 1 is 1.23 bits per heavy atom. The number of rotatable bonds is 5. The second-order valence-electron chi connectivity index (χ2n) is 5.71. The number of halogens is 1. The summed E-state index contributed by atoms with van der Waals surface area (Å²) in [6.45, 7) is 0.236. The first-order valence-corrected chi connectivity index (χ1v) is 7.74. The molecule has 0 N–H and O–H groups in total. The smallest absolute Gasteiger partial charge is 0.274 e. The van der Waals surface area contributed by atoms with E-state index in [1.165, 1.54) is 39.9 Å². The SMILES string of the molecule is CN(Cc1cccc(F)c1)C(=O)c1ccn(-c2cccc([N+](=O)[O-])c2)n1. The molecule has 0 fully saturated rings. The van der Waals surface area contributed by atoms with Crippen LogP contribution in [0.4, 0.5) is 10.1 Å². The fourth-order valence-corrected chi connectivity index (χ4v) is 2.51. The van der Waals surface area contributed by atoms with Gasteiger partial charge in [0, 0.05) is 31.9 Å². The molecule has 1 heterocycles. The van der Waals surface area contributed by atoms with Crippen molar-refractivity contribution in [1.82, 2.24) is 14.7 Å². The predicted octanol–water partition coefficient (Wildman–Crippen LogP) is 3.19. The zero-order valence-electron chi connectivity index (χ0n) is 13.9. The lowest BCUT2D eigenvalue weighted by Crippen LogP contribution is -2.26. The van der Waals surface area contributed by atoms with Crippen LogP contribution in [0.25, 0.3) is 5.69 Å². The largest absolute Gasteiger partial charge is 0.336 e. The van der Waals surface area contributed by atoms with Crippen molar-refractivity contribution in [3.8, 4) is 5.69 Å². The fraction of sp³-hybridized carbons (Fsp3) is 0.111. The Morgan fingerprint density at radius 3 is 2.73 bits per heavy atom. The zero-order valence-corrected chi connectivity index (χ0v) is 13.9. The van der Waals surface area contributed by atoms with Crippen molar-refractivity contribution in [2.75, 3.05) is 7.05 Å². The van der Waals surface area contributed by atoms with E-state index in [-0.39, 0.29) is 29.7 Å². The molecular formula is C18H15FN4O3. The number of nitro benzene ring substituents is 1. The lowest BCUT2D eigenvalue weighted by Gasteiger charge is -2.16. The number of carbonyl (C=O) groups is 1.